The van der Waals surface area contributed by atoms with E-state index in [1.54, 1.807) is 13.1 Å². The maximum Gasteiger partial charge on any atom is 0.222 e. The fourth-order valence-corrected chi connectivity index (χ4v) is 0.887. The van der Waals surface area contributed by atoms with Crippen LogP contribution in [0.1, 0.15) is 12.5 Å². The Kier molecular flexibility index (Phi) is 3.76. The molecular formula is C11H12NO. The van der Waals surface area contributed by atoms with E-state index in [-0.39, 0.29) is 6.04 Å². The van der Waals surface area contributed by atoms with Crippen LogP contribution in [0.5, 0.6) is 0 Å². The second kappa shape index (κ2) is 5.14. The van der Waals surface area contributed by atoms with Gasteiger partial charge < -0.3 is 5.32 Å². The molecule has 0 spiro atoms. The number of hydrogen-bond donors (Lipinski definition) is 1. The monoisotopic (exact) mass is 174 g/mol. The maximum atomic E-state index is 10.1. The fourth-order valence-electron chi connectivity index (χ4n) is 0.887. The summed E-state index contributed by atoms with van der Waals surface area (Å²) in [6.07, 6.45) is 5.50. The minimum absolute atomic E-state index is 0.250. The van der Waals surface area contributed by atoms with Gasteiger partial charge in [0.15, 0.2) is 0 Å². The highest BCUT2D eigenvalue weighted by molar-refractivity contribution is 5.58. The first-order chi connectivity index (χ1) is 6.33. The van der Waals surface area contributed by atoms with Gasteiger partial charge >= 0.3 is 0 Å². The zero-order valence-corrected chi connectivity index (χ0v) is 7.53. The van der Waals surface area contributed by atoms with Crippen LogP contribution in [0.3, 0.4) is 0 Å². The first-order valence-electron chi connectivity index (χ1n) is 4.18. The van der Waals surface area contributed by atoms with E-state index in [9.17, 15) is 4.79 Å². The largest absolute Gasteiger partial charge is 0.381 e. The zero-order chi connectivity index (χ0) is 9.52. The molecule has 0 saturated heterocycles. The Morgan fingerprint density at radius 1 is 1.38 bits per heavy atom. The second-order valence-corrected chi connectivity index (χ2v) is 2.75. The van der Waals surface area contributed by atoms with Gasteiger partial charge in [0.05, 0.1) is 6.04 Å². The van der Waals surface area contributed by atoms with E-state index in [1.165, 1.54) is 0 Å². The summed E-state index contributed by atoms with van der Waals surface area (Å²) in [5.74, 6) is 0. The molecule has 0 aliphatic heterocycles. The van der Waals surface area contributed by atoms with Crippen LogP contribution in [0, 0.1) is 0 Å². The van der Waals surface area contributed by atoms with Crippen LogP contribution in [0.15, 0.2) is 36.5 Å². The van der Waals surface area contributed by atoms with E-state index < -0.39 is 0 Å². The van der Waals surface area contributed by atoms with Crippen molar-refractivity contribution in [3.05, 3.63) is 42.1 Å². The molecule has 0 amide bonds. The summed E-state index contributed by atoms with van der Waals surface area (Å²) in [5.41, 5.74) is 1.10. The minimum atomic E-state index is -0.250. The number of hydrogen-bond acceptors (Lipinski definition) is 2. The molecule has 13 heavy (non-hydrogen) atoms. The normalized spacial score (nSPS) is 12.7. The van der Waals surface area contributed by atoms with Gasteiger partial charge in [-0.25, -0.2) is 0 Å². The smallest absolute Gasteiger partial charge is 0.222 e. The topological polar surface area (TPSA) is 29.1 Å². The molecule has 2 heteroatoms. The minimum Gasteiger partial charge on any atom is -0.381 e. The van der Waals surface area contributed by atoms with Crippen molar-refractivity contribution in [1.29, 1.82) is 0 Å². The standard InChI is InChI=1S/C11H12NO/c1-10(9-13)12-8-7-11-5-3-2-4-6-11/h2-8,10,12H,1H3/b8-7+. The molecule has 0 fully saturated rings. The number of rotatable bonds is 4. The molecule has 1 aromatic carbocycles. The lowest BCUT2D eigenvalue weighted by molar-refractivity contribution is 0.538. The number of nitrogens with one attached hydrogen (secondary N) is 1. The van der Waals surface area contributed by atoms with Crippen molar-refractivity contribution in [2.24, 2.45) is 0 Å². The Morgan fingerprint density at radius 2 is 2.08 bits per heavy atom. The fraction of sp³-hybridized carbons (Fsp3) is 0.182. The van der Waals surface area contributed by atoms with E-state index in [4.69, 9.17) is 0 Å². The third kappa shape index (κ3) is 3.56. The van der Waals surface area contributed by atoms with Crippen molar-refractivity contribution >= 4 is 12.4 Å². The highest BCUT2D eigenvalue weighted by Crippen LogP contribution is 1.99. The van der Waals surface area contributed by atoms with E-state index in [0.717, 1.165) is 5.56 Å². The molecule has 1 unspecified atom stereocenters. The third-order valence-electron chi connectivity index (χ3n) is 1.60. The van der Waals surface area contributed by atoms with E-state index >= 15 is 0 Å². The van der Waals surface area contributed by atoms with E-state index in [1.807, 2.05) is 42.7 Å². The molecule has 1 N–H and O–H groups in total. The molecule has 2 nitrogen and oxygen atoms in total. The SMILES string of the molecule is CC([C]=O)N/C=C/c1ccccc1. The molecule has 1 atom stereocenters. The molecule has 0 saturated carbocycles. The van der Waals surface area contributed by atoms with Crippen LogP contribution in [0.2, 0.25) is 0 Å². The van der Waals surface area contributed by atoms with Crippen molar-refractivity contribution in [2.45, 2.75) is 13.0 Å². The first-order valence-corrected chi connectivity index (χ1v) is 4.18. The number of carbonyl (C=O) groups excluding carboxylic acids is 1. The Labute approximate surface area is 78.3 Å². The van der Waals surface area contributed by atoms with Crippen molar-refractivity contribution in [3.63, 3.8) is 0 Å². The van der Waals surface area contributed by atoms with Gasteiger partial charge in [-0.2, -0.15) is 0 Å². The van der Waals surface area contributed by atoms with Crippen LogP contribution in [0.25, 0.3) is 6.08 Å². The summed E-state index contributed by atoms with van der Waals surface area (Å²) >= 11 is 0. The highest BCUT2D eigenvalue weighted by atomic mass is 16.1. The lowest BCUT2D eigenvalue weighted by Gasteiger charge is -2.00. The van der Waals surface area contributed by atoms with Gasteiger partial charge in [0, 0.05) is 0 Å². The quantitative estimate of drug-likeness (QED) is 0.753. The molecule has 0 bridgehead atoms. The van der Waals surface area contributed by atoms with Gasteiger partial charge in [0.1, 0.15) is 0 Å². The summed E-state index contributed by atoms with van der Waals surface area (Å²) in [6, 6.07) is 9.64. The molecule has 67 valence electrons. The summed E-state index contributed by atoms with van der Waals surface area (Å²) in [6.45, 7) is 1.75. The number of benzene rings is 1. The summed E-state index contributed by atoms with van der Waals surface area (Å²) in [5, 5.41) is 2.88. The van der Waals surface area contributed by atoms with Gasteiger partial charge in [0.2, 0.25) is 6.29 Å². The summed E-state index contributed by atoms with van der Waals surface area (Å²) in [7, 11) is 0. The lowest BCUT2D eigenvalue weighted by atomic mass is 10.2. The van der Waals surface area contributed by atoms with Crippen LogP contribution in [-0.4, -0.2) is 12.3 Å². The van der Waals surface area contributed by atoms with E-state index in [0.29, 0.717) is 0 Å². The predicted octanol–water partition coefficient (Wildman–Crippen LogP) is 1.75. The molecule has 0 heterocycles. The van der Waals surface area contributed by atoms with Crippen molar-refractivity contribution < 1.29 is 4.79 Å². The molecule has 0 aliphatic carbocycles. The Hall–Kier alpha value is -1.57. The molecule has 0 aromatic heterocycles. The Morgan fingerprint density at radius 3 is 2.69 bits per heavy atom. The highest BCUT2D eigenvalue weighted by Gasteiger charge is 1.92. The first kappa shape index (κ1) is 9.52. The average molecular weight is 174 g/mol. The maximum absolute atomic E-state index is 10.1. The predicted molar refractivity (Wildman–Crippen MR) is 53.8 cm³/mol. The third-order valence-corrected chi connectivity index (χ3v) is 1.60. The van der Waals surface area contributed by atoms with Crippen molar-refractivity contribution in [1.82, 2.24) is 5.32 Å². The average Bonchev–Trinajstić information content (AvgIpc) is 2.19. The van der Waals surface area contributed by atoms with Gasteiger partial charge in [-0.05, 0) is 24.8 Å². The van der Waals surface area contributed by atoms with Gasteiger partial charge in [0.25, 0.3) is 0 Å². The van der Waals surface area contributed by atoms with Crippen LogP contribution in [0.4, 0.5) is 0 Å². The van der Waals surface area contributed by atoms with Crippen molar-refractivity contribution in [2.75, 3.05) is 0 Å². The van der Waals surface area contributed by atoms with Crippen molar-refractivity contribution in [3.8, 4) is 0 Å². The zero-order valence-electron chi connectivity index (χ0n) is 7.53. The Bertz CT molecular complexity index is 279. The van der Waals surface area contributed by atoms with Crippen LogP contribution in [-0.2, 0) is 4.79 Å². The van der Waals surface area contributed by atoms with Crippen LogP contribution >= 0.6 is 0 Å². The van der Waals surface area contributed by atoms with Gasteiger partial charge in [-0.1, -0.05) is 30.3 Å². The summed E-state index contributed by atoms with van der Waals surface area (Å²) < 4.78 is 0. The van der Waals surface area contributed by atoms with Gasteiger partial charge in [-0.3, -0.25) is 4.79 Å². The van der Waals surface area contributed by atoms with E-state index in [2.05, 4.69) is 5.32 Å². The lowest BCUT2D eigenvalue weighted by Crippen LogP contribution is -2.20. The van der Waals surface area contributed by atoms with Crippen LogP contribution < -0.4 is 5.32 Å². The summed E-state index contributed by atoms with van der Waals surface area (Å²) in [4.78, 5) is 10.1. The molecular weight excluding hydrogens is 162 g/mol. The van der Waals surface area contributed by atoms with Gasteiger partial charge in [-0.15, -0.1) is 0 Å². The molecule has 1 radical (unpaired) electrons. The second-order valence-electron chi connectivity index (χ2n) is 2.75. The molecule has 1 aromatic rings. The molecule has 1 rings (SSSR count). The Balaban J connectivity index is 2.45. The molecule has 0 aliphatic rings.